The van der Waals surface area contributed by atoms with Crippen LogP contribution in [0.5, 0.6) is 0 Å². The number of carbonyl (C=O) groups is 2. The lowest BCUT2D eigenvalue weighted by Crippen LogP contribution is -2.51. The SMILES string of the molecule is O=C(Nc1ccccc1)N1CCN(C(=O)c2ccc(F)cc2)CC1. The minimum atomic E-state index is -0.367. The van der Waals surface area contributed by atoms with Gasteiger partial charge in [0.15, 0.2) is 0 Å². The summed E-state index contributed by atoms with van der Waals surface area (Å²) in [6.07, 6.45) is 0. The predicted octanol–water partition coefficient (Wildman–Crippen LogP) is 2.82. The van der Waals surface area contributed by atoms with Gasteiger partial charge in [-0.15, -0.1) is 0 Å². The topological polar surface area (TPSA) is 52.7 Å². The standard InChI is InChI=1S/C18H18FN3O2/c19-15-8-6-14(7-9-15)17(23)21-10-12-22(13-11-21)18(24)20-16-4-2-1-3-5-16/h1-9H,10-13H2,(H,20,24). The number of nitrogens with one attached hydrogen (secondary N) is 1. The number of amides is 3. The van der Waals surface area contributed by atoms with Gasteiger partial charge in [-0.2, -0.15) is 0 Å². The van der Waals surface area contributed by atoms with Crippen LogP contribution in [0.4, 0.5) is 14.9 Å². The number of hydrogen-bond donors (Lipinski definition) is 1. The summed E-state index contributed by atoms with van der Waals surface area (Å²) in [5.74, 6) is -0.507. The van der Waals surface area contributed by atoms with Crippen LogP contribution >= 0.6 is 0 Å². The molecule has 0 unspecified atom stereocenters. The van der Waals surface area contributed by atoms with Gasteiger partial charge in [0, 0.05) is 37.4 Å². The first-order valence-corrected chi connectivity index (χ1v) is 7.79. The monoisotopic (exact) mass is 327 g/mol. The molecular formula is C18H18FN3O2. The number of carbonyl (C=O) groups excluding carboxylic acids is 2. The second-order valence-electron chi connectivity index (χ2n) is 5.58. The maximum atomic E-state index is 12.9. The van der Waals surface area contributed by atoms with Crippen LogP contribution in [-0.4, -0.2) is 47.9 Å². The molecule has 0 spiro atoms. The van der Waals surface area contributed by atoms with E-state index in [4.69, 9.17) is 0 Å². The van der Waals surface area contributed by atoms with E-state index >= 15 is 0 Å². The maximum absolute atomic E-state index is 12.9. The first-order valence-electron chi connectivity index (χ1n) is 7.79. The highest BCUT2D eigenvalue weighted by Crippen LogP contribution is 2.12. The highest BCUT2D eigenvalue weighted by Gasteiger charge is 2.24. The lowest BCUT2D eigenvalue weighted by atomic mass is 10.2. The molecule has 0 aliphatic carbocycles. The lowest BCUT2D eigenvalue weighted by molar-refractivity contribution is 0.0671. The van der Waals surface area contributed by atoms with Crippen LogP contribution in [0.2, 0.25) is 0 Å². The molecule has 5 nitrogen and oxygen atoms in total. The molecule has 0 aromatic heterocycles. The molecule has 1 N–H and O–H groups in total. The number of halogens is 1. The largest absolute Gasteiger partial charge is 0.335 e. The molecule has 1 aliphatic heterocycles. The number of benzene rings is 2. The molecule has 2 aromatic carbocycles. The molecule has 3 rings (SSSR count). The fourth-order valence-electron chi connectivity index (χ4n) is 2.61. The Balaban J connectivity index is 1.54. The molecule has 1 aliphatic rings. The Kier molecular flexibility index (Phi) is 4.74. The second-order valence-corrected chi connectivity index (χ2v) is 5.58. The third-order valence-electron chi connectivity index (χ3n) is 3.97. The molecular weight excluding hydrogens is 309 g/mol. The zero-order chi connectivity index (χ0) is 16.9. The Morgan fingerprint density at radius 2 is 1.42 bits per heavy atom. The summed E-state index contributed by atoms with van der Waals surface area (Å²) in [5, 5.41) is 2.84. The molecule has 0 atom stereocenters. The molecule has 6 heteroatoms. The Morgan fingerprint density at radius 3 is 2.04 bits per heavy atom. The van der Waals surface area contributed by atoms with Crippen LogP contribution in [0.15, 0.2) is 54.6 Å². The number of urea groups is 1. The van der Waals surface area contributed by atoms with Crippen molar-refractivity contribution in [2.75, 3.05) is 31.5 Å². The minimum Gasteiger partial charge on any atom is -0.335 e. The van der Waals surface area contributed by atoms with E-state index in [9.17, 15) is 14.0 Å². The normalized spacial score (nSPS) is 14.4. The van der Waals surface area contributed by atoms with Crippen molar-refractivity contribution in [1.29, 1.82) is 0 Å². The molecule has 3 amide bonds. The molecule has 124 valence electrons. The predicted molar refractivity (Wildman–Crippen MR) is 89.3 cm³/mol. The van der Waals surface area contributed by atoms with Gasteiger partial charge in [0.05, 0.1) is 0 Å². The van der Waals surface area contributed by atoms with Crippen molar-refractivity contribution in [3.8, 4) is 0 Å². The van der Waals surface area contributed by atoms with Crippen molar-refractivity contribution < 1.29 is 14.0 Å². The van der Waals surface area contributed by atoms with Crippen molar-refractivity contribution in [3.63, 3.8) is 0 Å². The highest BCUT2D eigenvalue weighted by molar-refractivity contribution is 5.94. The molecule has 2 aromatic rings. The molecule has 1 fully saturated rings. The van der Waals surface area contributed by atoms with Crippen LogP contribution in [0.3, 0.4) is 0 Å². The van der Waals surface area contributed by atoms with Gasteiger partial charge >= 0.3 is 6.03 Å². The number of para-hydroxylation sites is 1. The van der Waals surface area contributed by atoms with Crippen LogP contribution in [0, 0.1) is 5.82 Å². The zero-order valence-corrected chi connectivity index (χ0v) is 13.1. The second kappa shape index (κ2) is 7.12. The van der Waals surface area contributed by atoms with Crippen molar-refractivity contribution >= 4 is 17.6 Å². The van der Waals surface area contributed by atoms with Gasteiger partial charge in [0.25, 0.3) is 5.91 Å². The number of anilines is 1. The van der Waals surface area contributed by atoms with E-state index in [-0.39, 0.29) is 17.8 Å². The summed E-state index contributed by atoms with van der Waals surface area (Å²) in [6, 6.07) is 14.6. The van der Waals surface area contributed by atoms with E-state index in [1.807, 2.05) is 30.3 Å². The summed E-state index contributed by atoms with van der Waals surface area (Å²) in [7, 11) is 0. The van der Waals surface area contributed by atoms with Crippen molar-refractivity contribution in [1.82, 2.24) is 9.80 Å². The van der Waals surface area contributed by atoms with Crippen LogP contribution in [0.25, 0.3) is 0 Å². The summed E-state index contributed by atoms with van der Waals surface area (Å²) < 4.78 is 12.9. The van der Waals surface area contributed by atoms with E-state index in [1.54, 1.807) is 9.80 Å². The van der Waals surface area contributed by atoms with E-state index in [1.165, 1.54) is 24.3 Å². The van der Waals surface area contributed by atoms with Gasteiger partial charge in [-0.3, -0.25) is 4.79 Å². The van der Waals surface area contributed by atoms with Gasteiger partial charge in [0.2, 0.25) is 0 Å². The Labute approximate surface area is 139 Å². The Morgan fingerprint density at radius 1 is 0.833 bits per heavy atom. The number of hydrogen-bond acceptors (Lipinski definition) is 2. The van der Waals surface area contributed by atoms with Crippen molar-refractivity contribution in [2.45, 2.75) is 0 Å². The van der Waals surface area contributed by atoms with Gasteiger partial charge in [-0.25, -0.2) is 9.18 Å². The highest BCUT2D eigenvalue weighted by atomic mass is 19.1. The molecule has 24 heavy (non-hydrogen) atoms. The zero-order valence-electron chi connectivity index (χ0n) is 13.1. The van der Waals surface area contributed by atoms with E-state index < -0.39 is 0 Å². The Bertz CT molecular complexity index is 711. The summed E-state index contributed by atoms with van der Waals surface area (Å²) >= 11 is 0. The van der Waals surface area contributed by atoms with Crippen molar-refractivity contribution in [3.05, 3.63) is 66.0 Å². The minimum absolute atomic E-state index is 0.141. The third kappa shape index (κ3) is 3.71. The smallest absolute Gasteiger partial charge is 0.321 e. The molecule has 0 saturated carbocycles. The molecule has 0 bridgehead atoms. The lowest BCUT2D eigenvalue weighted by Gasteiger charge is -2.34. The van der Waals surface area contributed by atoms with E-state index in [2.05, 4.69) is 5.32 Å². The van der Waals surface area contributed by atoms with Crippen LogP contribution in [0.1, 0.15) is 10.4 Å². The van der Waals surface area contributed by atoms with Gasteiger partial charge in [-0.05, 0) is 36.4 Å². The first kappa shape index (κ1) is 16.0. The molecule has 1 heterocycles. The fraction of sp³-hybridized carbons (Fsp3) is 0.222. The van der Waals surface area contributed by atoms with Gasteiger partial charge in [-0.1, -0.05) is 18.2 Å². The molecule has 1 saturated heterocycles. The van der Waals surface area contributed by atoms with E-state index in [0.29, 0.717) is 31.7 Å². The number of piperazine rings is 1. The fourth-order valence-corrected chi connectivity index (χ4v) is 2.61. The number of rotatable bonds is 2. The quantitative estimate of drug-likeness (QED) is 0.922. The van der Waals surface area contributed by atoms with Crippen molar-refractivity contribution in [2.24, 2.45) is 0 Å². The Hall–Kier alpha value is -2.89. The summed E-state index contributed by atoms with van der Waals surface area (Å²) in [6.45, 7) is 1.84. The first-order chi connectivity index (χ1) is 11.6. The van der Waals surface area contributed by atoms with Crippen LogP contribution in [-0.2, 0) is 0 Å². The third-order valence-corrected chi connectivity index (χ3v) is 3.97. The van der Waals surface area contributed by atoms with Crippen LogP contribution < -0.4 is 5.32 Å². The van der Waals surface area contributed by atoms with E-state index in [0.717, 1.165) is 5.69 Å². The van der Waals surface area contributed by atoms with Gasteiger partial charge < -0.3 is 15.1 Å². The average Bonchev–Trinajstić information content (AvgIpc) is 2.63. The maximum Gasteiger partial charge on any atom is 0.321 e. The molecule has 0 radical (unpaired) electrons. The average molecular weight is 327 g/mol. The number of nitrogens with zero attached hydrogens (tertiary/aromatic N) is 2. The van der Waals surface area contributed by atoms with Gasteiger partial charge in [0.1, 0.15) is 5.82 Å². The summed E-state index contributed by atoms with van der Waals surface area (Å²) in [5.41, 5.74) is 1.20. The summed E-state index contributed by atoms with van der Waals surface area (Å²) in [4.78, 5) is 27.9.